The largest absolute Gasteiger partial charge is 0.249 e. The first kappa shape index (κ1) is 15.4. The smallest absolute Gasteiger partial charge is 0.180 e. The van der Waals surface area contributed by atoms with E-state index < -0.39 is 8.22 Å². The summed E-state index contributed by atoms with van der Waals surface area (Å²) in [6.45, 7) is 10.3. The van der Waals surface area contributed by atoms with Crippen LogP contribution in [0.2, 0.25) is 0 Å². The van der Waals surface area contributed by atoms with Gasteiger partial charge in [0.05, 0.1) is 22.1 Å². The second-order valence-corrected chi connectivity index (χ2v) is 8.88. The third kappa shape index (κ3) is 2.62. The molecule has 0 fully saturated rings. The molecule has 0 amide bonds. The summed E-state index contributed by atoms with van der Waals surface area (Å²) in [6, 6.07) is 4.23. The van der Waals surface area contributed by atoms with E-state index in [-0.39, 0.29) is 0 Å². The molecule has 0 radical (unpaired) electrons. The maximum absolute atomic E-state index is 4.73. The highest BCUT2D eigenvalue weighted by Gasteiger charge is 2.26. The molecular formula is C14H20N6P2. The minimum absolute atomic E-state index is 0.875. The van der Waals surface area contributed by atoms with E-state index in [1.54, 1.807) is 0 Å². The Hall–Kier alpha value is -1.51. The number of hydrogen-bond donors (Lipinski definition) is 0. The molecule has 116 valence electrons. The van der Waals surface area contributed by atoms with Crippen molar-refractivity contribution in [2.75, 3.05) is 0 Å². The minimum Gasteiger partial charge on any atom is -0.249 e. The van der Waals surface area contributed by atoms with Crippen LogP contribution in [-0.4, -0.2) is 28.6 Å². The van der Waals surface area contributed by atoms with Crippen LogP contribution in [0.25, 0.3) is 0 Å². The lowest BCUT2D eigenvalue weighted by Crippen LogP contribution is -2.16. The Bertz CT molecular complexity index is 719. The van der Waals surface area contributed by atoms with Gasteiger partial charge in [0.1, 0.15) is 0 Å². The van der Waals surface area contributed by atoms with E-state index in [0.29, 0.717) is 0 Å². The number of rotatable bonds is 3. The maximum atomic E-state index is 4.73. The predicted molar refractivity (Wildman–Crippen MR) is 91.2 cm³/mol. The Balaban J connectivity index is 2.25. The van der Waals surface area contributed by atoms with Gasteiger partial charge in [-0.05, 0) is 46.8 Å². The molecule has 0 saturated carbocycles. The van der Waals surface area contributed by atoms with Crippen LogP contribution in [0.4, 0.5) is 0 Å². The van der Waals surface area contributed by atoms with Crippen molar-refractivity contribution < 1.29 is 0 Å². The number of nitrogens with zero attached hydrogens (tertiary/aromatic N) is 6. The van der Waals surface area contributed by atoms with Crippen molar-refractivity contribution in [3.63, 3.8) is 0 Å². The zero-order chi connectivity index (χ0) is 16.0. The van der Waals surface area contributed by atoms with Gasteiger partial charge in [0, 0.05) is 26.8 Å². The summed E-state index contributed by atoms with van der Waals surface area (Å²) >= 11 is 0. The Labute approximate surface area is 133 Å². The summed E-state index contributed by atoms with van der Waals surface area (Å²) in [5.41, 5.74) is 5.44. The van der Waals surface area contributed by atoms with Gasteiger partial charge >= 0.3 is 0 Å². The third-order valence-corrected chi connectivity index (χ3v) is 7.30. The summed E-state index contributed by atoms with van der Waals surface area (Å²) < 4.78 is 6.19. The zero-order valence-corrected chi connectivity index (χ0v) is 15.5. The minimum atomic E-state index is -0.875. The molecule has 0 atom stereocenters. The molecule has 3 aromatic heterocycles. The molecular weight excluding hydrogens is 314 g/mol. The molecule has 22 heavy (non-hydrogen) atoms. The fourth-order valence-corrected chi connectivity index (χ4v) is 6.43. The van der Waals surface area contributed by atoms with E-state index in [9.17, 15) is 0 Å². The van der Waals surface area contributed by atoms with Gasteiger partial charge in [0.2, 0.25) is 0 Å². The van der Waals surface area contributed by atoms with Crippen LogP contribution >= 0.6 is 16.6 Å². The van der Waals surface area contributed by atoms with Gasteiger partial charge in [0.25, 0.3) is 0 Å². The van der Waals surface area contributed by atoms with Crippen molar-refractivity contribution in [2.45, 2.75) is 34.6 Å². The second kappa shape index (κ2) is 5.60. The summed E-state index contributed by atoms with van der Waals surface area (Å²) in [4.78, 5) is 0. The lowest BCUT2D eigenvalue weighted by Gasteiger charge is -2.19. The molecule has 3 heterocycles. The van der Waals surface area contributed by atoms with Gasteiger partial charge in [-0.25, -0.2) is 13.3 Å². The van der Waals surface area contributed by atoms with Crippen LogP contribution in [0.1, 0.15) is 28.5 Å². The van der Waals surface area contributed by atoms with E-state index >= 15 is 0 Å². The fraction of sp³-hybridized carbons (Fsp3) is 0.429. The Morgan fingerprint density at radius 1 is 0.864 bits per heavy atom. The van der Waals surface area contributed by atoms with Crippen LogP contribution in [0, 0.1) is 34.6 Å². The summed E-state index contributed by atoms with van der Waals surface area (Å²) in [5.74, 6) is 0. The van der Waals surface area contributed by atoms with Crippen molar-refractivity contribution in [2.24, 2.45) is 7.05 Å². The standard InChI is InChI=1S/C14H20N6P2/c1-9-7-11(3)19(15-9)22(14-13(5)17-18(6)21-14)20-12(4)8-10(2)16-20/h7-8H,1-6H3. The van der Waals surface area contributed by atoms with Crippen LogP contribution in [-0.2, 0) is 7.05 Å². The molecule has 0 aromatic carbocycles. The van der Waals surface area contributed by atoms with Gasteiger partial charge in [-0.2, -0.15) is 15.3 Å². The number of aromatic nitrogens is 6. The van der Waals surface area contributed by atoms with Crippen LogP contribution < -0.4 is 5.04 Å². The number of hydrogen-bond acceptors (Lipinski definition) is 3. The van der Waals surface area contributed by atoms with Crippen LogP contribution in [0.5, 0.6) is 0 Å². The topological polar surface area (TPSA) is 53.5 Å². The van der Waals surface area contributed by atoms with Crippen molar-refractivity contribution >= 4 is 21.6 Å². The van der Waals surface area contributed by atoms with E-state index in [0.717, 1.165) is 36.8 Å². The van der Waals surface area contributed by atoms with Crippen molar-refractivity contribution in [3.8, 4) is 0 Å². The average Bonchev–Trinajstić information content (AvgIpc) is 3.02. The fourth-order valence-electron chi connectivity index (χ4n) is 2.56. The molecule has 0 N–H and O–H groups in total. The highest BCUT2D eigenvalue weighted by Crippen LogP contribution is 2.42. The lowest BCUT2D eigenvalue weighted by atomic mass is 10.4. The molecule has 3 aromatic rings. The van der Waals surface area contributed by atoms with Gasteiger partial charge in [-0.15, -0.1) is 0 Å². The monoisotopic (exact) mass is 334 g/mol. The first-order valence-corrected chi connectivity index (χ1v) is 9.21. The van der Waals surface area contributed by atoms with E-state index in [4.69, 9.17) is 10.2 Å². The van der Waals surface area contributed by atoms with Gasteiger partial charge in [-0.3, -0.25) is 0 Å². The average molecular weight is 334 g/mol. The van der Waals surface area contributed by atoms with E-state index in [1.807, 2.05) is 25.3 Å². The maximum Gasteiger partial charge on any atom is 0.180 e. The van der Waals surface area contributed by atoms with Crippen molar-refractivity contribution in [3.05, 3.63) is 40.6 Å². The first-order chi connectivity index (χ1) is 10.4. The molecule has 0 bridgehead atoms. The molecule has 0 unspecified atom stereocenters. The highest BCUT2D eigenvalue weighted by atomic mass is 31.2. The highest BCUT2D eigenvalue weighted by molar-refractivity contribution is 7.71. The molecule has 8 heteroatoms. The Morgan fingerprint density at radius 3 is 1.68 bits per heavy atom. The summed E-state index contributed by atoms with van der Waals surface area (Å²) in [5, 5.41) is 15.3. The van der Waals surface area contributed by atoms with Crippen LogP contribution in [0.3, 0.4) is 0 Å². The zero-order valence-electron chi connectivity index (χ0n) is 13.7. The van der Waals surface area contributed by atoms with Gasteiger partial charge in [-0.1, -0.05) is 0 Å². The molecule has 0 aliphatic carbocycles. The Morgan fingerprint density at radius 2 is 1.36 bits per heavy atom. The number of aryl methyl sites for hydroxylation is 6. The van der Waals surface area contributed by atoms with Gasteiger partial charge < -0.3 is 0 Å². The summed E-state index contributed by atoms with van der Waals surface area (Å²) in [7, 11) is 2.22. The second-order valence-electron chi connectivity index (χ2n) is 5.52. The lowest BCUT2D eigenvalue weighted by molar-refractivity contribution is 0.824. The summed E-state index contributed by atoms with van der Waals surface area (Å²) in [6.07, 6.45) is 0. The first-order valence-electron chi connectivity index (χ1n) is 7.12. The van der Waals surface area contributed by atoms with E-state index in [2.05, 4.69) is 46.9 Å². The van der Waals surface area contributed by atoms with Crippen molar-refractivity contribution in [1.29, 1.82) is 0 Å². The van der Waals surface area contributed by atoms with Crippen LogP contribution in [0.15, 0.2) is 12.1 Å². The molecule has 0 saturated heterocycles. The normalized spacial score (nSPS) is 12.0. The third-order valence-electron chi connectivity index (χ3n) is 3.38. The molecule has 3 rings (SSSR count). The SMILES string of the molecule is Cc1cc(C)n(P(c2pn(C)nc2C)n2nc(C)cc2C)n1. The molecule has 6 nitrogen and oxygen atoms in total. The molecule has 0 spiro atoms. The quantitative estimate of drug-likeness (QED) is 0.692. The Kier molecular flexibility index (Phi) is 3.92. The predicted octanol–water partition coefficient (Wildman–Crippen LogP) is 2.97. The molecule has 0 aliphatic rings. The van der Waals surface area contributed by atoms with Crippen molar-refractivity contribution in [1.82, 2.24) is 28.6 Å². The van der Waals surface area contributed by atoms with E-state index in [1.165, 1.54) is 5.04 Å². The van der Waals surface area contributed by atoms with Gasteiger partial charge in [0.15, 0.2) is 8.22 Å². The molecule has 0 aliphatic heterocycles.